The van der Waals surface area contributed by atoms with Crippen LogP contribution in [0.1, 0.15) is 28.3 Å². The maximum absolute atomic E-state index is 14.8. The third-order valence-corrected chi connectivity index (χ3v) is 5.38. The smallest absolute Gasteiger partial charge is 0.290 e. The Balaban J connectivity index is 1.81. The maximum Gasteiger partial charge on any atom is 0.290 e. The van der Waals surface area contributed by atoms with Gasteiger partial charge in [-0.3, -0.25) is 4.79 Å². The van der Waals surface area contributed by atoms with E-state index in [9.17, 15) is 14.3 Å². The Bertz CT molecular complexity index is 1100. The van der Waals surface area contributed by atoms with Gasteiger partial charge in [-0.1, -0.05) is 60.2 Å². The molecule has 3 aromatic carbocycles. The van der Waals surface area contributed by atoms with Gasteiger partial charge in [-0.05, 0) is 36.2 Å². The molecule has 0 aromatic heterocycles. The molecule has 5 heteroatoms. The molecule has 0 radical (unpaired) electrons. The zero-order valence-corrected chi connectivity index (χ0v) is 16.8. The first-order valence-electron chi connectivity index (χ1n) is 9.68. The van der Waals surface area contributed by atoms with Gasteiger partial charge in [0.25, 0.3) is 5.91 Å². The fourth-order valence-electron chi connectivity index (χ4n) is 3.79. The van der Waals surface area contributed by atoms with Crippen molar-refractivity contribution in [2.24, 2.45) is 0 Å². The number of aryl methyl sites for hydroxylation is 1. The van der Waals surface area contributed by atoms with E-state index in [2.05, 4.69) is 0 Å². The summed E-state index contributed by atoms with van der Waals surface area (Å²) < 4.78 is 20.0. The van der Waals surface area contributed by atoms with E-state index in [1.807, 2.05) is 31.2 Å². The quantitative estimate of drug-likeness (QED) is 0.637. The fraction of sp³-hybridized carbons (Fsp3) is 0.160. The average Bonchev–Trinajstić information content (AvgIpc) is 3.00. The lowest BCUT2D eigenvalue weighted by Crippen LogP contribution is -2.30. The largest absolute Gasteiger partial charge is 0.503 e. The van der Waals surface area contributed by atoms with Crippen molar-refractivity contribution in [2.45, 2.75) is 19.5 Å². The van der Waals surface area contributed by atoms with Crippen LogP contribution in [0.3, 0.4) is 0 Å². The Hall–Kier alpha value is -3.60. The summed E-state index contributed by atoms with van der Waals surface area (Å²) in [6.45, 7) is 2.24. The standard InChI is InChI=1S/C25H22FNO3/c1-16-7-9-17(10-8-16)15-27-23(20-5-3-4-6-21(20)26)22(24(28)25(27)29)18-11-13-19(30-2)14-12-18/h3-14,23,28H,15H2,1-2H3/t23-/m1/s1. The summed E-state index contributed by atoms with van der Waals surface area (Å²) in [4.78, 5) is 14.6. The van der Waals surface area contributed by atoms with Gasteiger partial charge in [0, 0.05) is 17.7 Å². The number of carbonyl (C=O) groups is 1. The van der Waals surface area contributed by atoms with Gasteiger partial charge in [0.05, 0.1) is 13.2 Å². The van der Waals surface area contributed by atoms with Crippen LogP contribution >= 0.6 is 0 Å². The molecule has 0 aliphatic carbocycles. The van der Waals surface area contributed by atoms with E-state index < -0.39 is 17.8 Å². The molecule has 152 valence electrons. The number of nitrogens with zero attached hydrogens (tertiary/aromatic N) is 1. The number of methoxy groups -OCH3 is 1. The molecule has 1 atom stereocenters. The summed E-state index contributed by atoms with van der Waals surface area (Å²) in [5.74, 6) is -0.651. The SMILES string of the molecule is COc1ccc(C2=C(O)C(=O)N(Cc3ccc(C)cc3)[C@@H]2c2ccccc2F)cc1. The molecule has 1 heterocycles. The van der Waals surface area contributed by atoms with Crippen molar-refractivity contribution in [3.05, 3.63) is 107 Å². The predicted molar refractivity (Wildman–Crippen MR) is 113 cm³/mol. The van der Waals surface area contributed by atoms with E-state index in [1.165, 1.54) is 11.0 Å². The lowest BCUT2D eigenvalue weighted by Gasteiger charge is -2.28. The van der Waals surface area contributed by atoms with Crippen molar-refractivity contribution in [2.75, 3.05) is 7.11 Å². The van der Waals surface area contributed by atoms with Gasteiger partial charge in [-0.2, -0.15) is 0 Å². The van der Waals surface area contributed by atoms with Crippen LogP contribution in [0.15, 0.2) is 78.6 Å². The minimum Gasteiger partial charge on any atom is -0.503 e. The van der Waals surface area contributed by atoms with Crippen molar-refractivity contribution in [1.82, 2.24) is 4.90 Å². The monoisotopic (exact) mass is 403 g/mol. The summed E-state index contributed by atoms with van der Waals surface area (Å²) >= 11 is 0. The zero-order chi connectivity index (χ0) is 21.3. The molecule has 0 saturated heterocycles. The van der Waals surface area contributed by atoms with Crippen LogP contribution in [0, 0.1) is 12.7 Å². The van der Waals surface area contributed by atoms with E-state index in [0.717, 1.165) is 11.1 Å². The number of rotatable bonds is 5. The van der Waals surface area contributed by atoms with Gasteiger partial charge < -0.3 is 14.7 Å². The van der Waals surface area contributed by atoms with Gasteiger partial charge in [0.1, 0.15) is 11.6 Å². The number of halogens is 1. The average molecular weight is 403 g/mol. The number of ether oxygens (including phenoxy) is 1. The van der Waals surface area contributed by atoms with Crippen molar-refractivity contribution < 1.29 is 19.0 Å². The molecule has 0 unspecified atom stereocenters. The first kappa shape index (κ1) is 19.7. The summed E-state index contributed by atoms with van der Waals surface area (Å²) in [7, 11) is 1.57. The molecule has 1 amide bonds. The van der Waals surface area contributed by atoms with Crippen molar-refractivity contribution in [3.63, 3.8) is 0 Å². The van der Waals surface area contributed by atoms with Crippen LogP contribution < -0.4 is 4.74 Å². The Morgan fingerprint density at radius 2 is 1.67 bits per heavy atom. The molecule has 1 N–H and O–H groups in total. The number of amides is 1. The maximum atomic E-state index is 14.8. The highest BCUT2D eigenvalue weighted by molar-refractivity contribution is 6.05. The number of aliphatic hydroxyl groups excluding tert-OH is 1. The van der Waals surface area contributed by atoms with Gasteiger partial charge in [-0.25, -0.2) is 4.39 Å². The molecule has 4 rings (SSSR count). The van der Waals surface area contributed by atoms with E-state index >= 15 is 0 Å². The molecule has 1 aliphatic heterocycles. The topological polar surface area (TPSA) is 49.8 Å². The first-order valence-corrected chi connectivity index (χ1v) is 9.68. The third kappa shape index (κ3) is 3.54. The van der Waals surface area contributed by atoms with Crippen LogP contribution in [0.25, 0.3) is 5.57 Å². The van der Waals surface area contributed by atoms with E-state index in [4.69, 9.17) is 4.74 Å². The normalized spacial score (nSPS) is 16.3. The van der Waals surface area contributed by atoms with Crippen LogP contribution in [0.4, 0.5) is 4.39 Å². The molecule has 0 bridgehead atoms. The van der Waals surface area contributed by atoms with Crippen LogP contribution in [-0.2, 0) is 11.3 Å². The third-order valence-electron chi connectivity index (χ3n) is 5.38. The molecule has 0 spiro atoms. The van der Waals surface area contributed by atoms with Crippen molar-refractivity contribution in [1.29, 1.82) is 0 Å². The molecule has 30 heavy (non-hydrogen) atoms. The summed E-state index contributed by atoms with van der Waals surface area (Å²) in [6, 6.07) is 20.4. The fourth-order valence-corrected chi connectivity index (χ4v) is 3.79. The molecule has 4 nitrogen and oxygen atoms in total. The van der Waals surface area contributed by atoms with E-state index in [0.29, 0.717) is 22.4 Å². The number of hydrogen-bond donors (Lipinski definition) is 1. The summed E-state index contributed by atoms with van der Waals surface area (Å²) in [6.07, 6.45) is 0. The van der Waals surface area contributed by atoms with E-state index in [1.54, 1.807) is 49.6 Å². The second-order valence-electron chi connectivity index (χ2n) is 7.33. The number of aliphatic hydroxyl groups is 1. The summed E-state index contributed by atoms with van der Waals surface area (Å²) in [5, 5.41) is 10.8. The Labute approximate surface area is 174 Å². The van der Waals surface area contributed by atoms with Gasteiger partial charge >= 0.3 is 0 Å². The highest BCUT2D eigenvalue weighted by Gasteiger charge is 2.42. The Kier molecular flexibility index (Phi) is 5.27. The van der Waals surface area contributed by atoms with Crippen LogP contribution in [0.2, 0.25) is 0 Å². The van der Waals surface area contributed by atoms with Crippen molar-refractivity contribution >= 4 is 11.5 Å². The van der Waals surface area contributed by atoms with Crippen molar-refractivity contribution in [3.8, 4) is 5.75 Å². The van der Waals surface area contributed by atoms with Gasteiger partial charge in [0.15, 0.2) is 5.76 Å². The summed E-state index contributed by atoms with van der Waals surface area (Å²) in [5.41, 5.74) is 3.38. The van der Waals surface area contributed by atoms with Crippen LogP contribution in [-0.4, -0.2) is 23.0 Å². The predicted octanol–water partition coefficient (Wildman–Crippen LogP) is 5.20. The van der Waals surface area contributed by atoms with Crippen LogP contribution in [0.5, 0.6) is 5.75 Å². The number of benzene rings is 3. The minimum atomic E-state index is -0.742. The highest BCUT2D eigenvalue weighted by atomic mass is 19.1. The Morgan fingerprint density at radius 1 is 1.00 bits per heavy atom. The minimum absolute atomic E-state index is 0.252. The molecular weight excluding hydrogens is 381 g/mol. The highest BCUT2D eigenvalue weighted by Crippen LogP contribution is 2.44. The lowest BCUT2D eigenvalue weighted by atomic mass is 9.93. The Morgan fingerprint density at radius 3 is 2.30 bits per heavy atom. The van der Waals surface area contributed by atoms with E-state index in [-0.39, 0.29) is 12.3 Å². The molecule has 1 aliphatic rings. The molecular formula is C25H22FNO3. The van der Waals surface area contributed by atoms with Gasteiger partial charge in [0.2, 0.25) is 0 Å². The molecule has 3 aromatic rings. The number of carbonyl (C=O) groups excluding carboxylic acids is 1. The van der Waals surface area contributed by atoms with Gasteiger partial charge in [-0.15, -0.1) is 0 Å². The zero-order valence-electron chi connectivity index (χ0n) is 16.8. The first-order chi connectivity index (χ1) is 14.5. The second kappa shape index (κ2) is 8.03. The second-order valence-corrected chi connectivity index (χ2v) is 7.33. The molecule has 0 fully saturated rings. The number of hydrogen-bond acceptors (Lipinski definition) is 3. The lowest BCUT2D eigenvalue weighted by molar-refractivity contribution is -0.130. The molecule has 0 saturated carbocycles.